The van der Waals surface area contributed by atoms with Crippen molar-refractivity contribution in [2.24, 2.45) is 5.73 Å². The molecule has 3 aromatic rings. The summed E-state index contributed by atoms with van der Waals surface area (Å²) in [4.78, 5) is 14.0. The lowest BCUT2D eigenvalue weighted by molar-refractivity contribution is -0.122. The minimum absolute atomic E-state index is 0.439. The van der Waals surface area contributed by atoms with Gasteiger partial charge in [0.15, 0.2) is 6.34 Å². The highest BCUT2D eigenvalue weighted by atomic mass is 32.7. The Morgan fingerprint density at radius 2 is 1.76 bits per heavy atom. The largest absolute Gasteiger partial charge is 0.496 e. The van der Waals surface area contributed by atoms with Crippen LogP contribution in [0.25, 0.3) is 11.5 Å². The van der Waals surface area contributed by atoms with Gasteiger partial charge < -0.3 is 24.2 Å². The summed E-state index contributed by atoms with van der Waals surface area (Å²) in [5, 5.41) is 7.33. The summed E-state index contributed by atoms with van der Waals surface area (Å²) in [6.45, 7) is 6.76. The first-order chi connectivity index (χ1) is 19.7. The van der Waals surface area contributed by atoms with Crippen molar-refractivity contribution < 1.29 is 23.3 Å². The Labute approximate surface area is 252 Å². The summed E-state index contributed by atoms with van der Waals surface area (Å²) >= 11 is 2.96. The predicted molar refractivity (Wildman–Crippen MR) is 168 cm³/mol. The maximum Gasteiger partial charge on any atom is 0.251 e. The highest BCUT2D eigenvalue weighted by molar-refractivity contribution is 8.58. The number of ether oxygens (including phenoxy) is 2. The van der Waals surface area contributed by atoms with Gasteiger partial charge in [-0.15, -0.1) is 22.0 Å². The van der Waals surface area contributed by atoms with Gasteiger partial charge in [-0.1, -0.05) is 55.3 Å². The van der Waals surface area contributed by atoms with Crippen LogP contribution in [0.1, 0.15) is 56.9 Å². The van der Waals surface area contributed by atoms with Crippen LogP contribution in [-0.4, -0.2) is 54.5 Å². The van der Waals surface area contributed by atoms with E-state index in [9.17, 15) is 9.36 Å². The van der Waals surface area contributed by atoms with Gasteiger partial charge in [0, 0.05) is 29.4 Å². The molecule has 1 unspecified atom stereocenters. The molecule has 1 saturated heterocycles. The molecule has 11 heteroatoms. The van der Waals surface area contributed by atoms with Crippen molar-refractivity contribution in [1.29, 1.82) is 0 Å². The number of unbranched alkanes of at least 4 members (excludes halogenated alkanes) is 3. The molecule has 1 fully saturated rings. The highest BCUT2D eigenvalue weighted by Gasteiger charge is 2.51. The second-order valence-corrected chi connectivity index (χ2v) is 16.9. The monoisotopic (exact) mass is 619 g/mol. The molecule has 0 bridgehead atoms. The lowest BCUT2D eigenvalue weighted by Crippen LogP contribution is -2.47. The standard InChI is InChI=1S/C16H22N2O2S.C14H20NO3PS/c1-4-5-6-7-8-15-17-18-16(20-15)13-10-9-12(21-3)11-14(13)19-2;1-11-3-5-12(6-4-11)20-19(2,17)14(13(15)16)7-9-18-10-8-14/h9-11H,4-8H2,1-3H3;3-6H,7-10H2,1-2H3,(H2,15,16). The maximum atomic E-state index is 13.2. The molecule has 1 atom stereocenters. The minimum Gasteiger partial charge on any atom is -0.496 e. The Hall–Kier alpha value is -2.26. The molecule has 0 saturated carbocycles. The van der Waals surface area contributed by atoms with Crippen LogP contribution in [0.5, 0.6) is 5.75 Å². The minimum atomic E-state index is -2.83. The second kappa shape index (κ2) is 15.8. The van der Waals surface area contributed by atoms with E-state index in [0.717, 1.165) is 39.5 Å². The molecule has 2 aromatic carbocycles. The number of rotatable bonds is 12. The van der Waals surface area contributed by atoms with Gasteiger partial charge >= 0.3 is 0 Å². The molecule has 2 heterocycles. The van der Waals surface area contributed by atoms with E-state index in [1.165, 1.54) is 30.6 Å². The van der Waals surface area contributed by atoms with E-state index in [2.05, 4.69) is 17.1 Å². The first-order valence-electron chi connectivity index (χ1n) is 13.9. The van der Waals surface area contributed by atoms with Crippen LogP contribution in [0.2, 0.25) is 0 Å². The molecule has 0 radical (unpaired) electrons. The van der Waals surface area contributed by atoms with Crippen molar-refractivity contribution in [3.05, 3.63) is 53.9 Å². The smallest absolute Gasteiger partial charge is 0.251 e. The topological polar surface area (TPSA) is 118 Å². The fraction of sp³-hybridized carbons (Fsp3) is 0.500. The van der Waals surface area contributed by atoms with Gasteiger partial charge in [0.1, 0.15) is 10.9 Å². The number of primary amides is 1. The number of hydrogen-bond acceptors (Lipinski definition) is 9. The van der Waals surface area contributed by atoms with E-state index in [1.54, 1.807) is 25.5 Å². The first kappa shape index (κ1) is 33.2. The zero-order chi connectivity index (χ0) is 29.9. The predicted octanol–water partition coefficient (Wildman–Crippen LogP) is 7.62. The fourth-order valence-corrected chi connectivity index (χ4v) is 10.2. The summed E-state index contributed by atoms with van der Waals surface area (Å²) in [6, 6.07) is 13.8. The van der Waals surface area contributed by atoms with Gasteiger partial charge in [-0.3, -0.25) is 4.79 Å². The first-order valence-corrected chi connectivity index (χ1v) is 18.7. The highest BCUT2D eigenvalue weighted by Crippen LogP contribution is 2.70. The molecule has 41 heavy (non-hydrogen) atoms. The Morgan fingerprint density at radius 1 is 1.07 bits per heavy atom. The third kappa shape index (κ3) is 8.87. The number of nitrogens with zero attached hydrogens (tertiary/aromatic N) is 2. The maximum absolute atomic E-state index is 13.2. The number of aromatic nitrogens is 2. The number of amides is 1. The van der Waals surface area contributed by atoms with Crippen molar-refractivity contribution in [3.8, 4) is 17.2 Å². The number of aryl methyl sites for hydroxylation is 2. The molecule has 1 amide bonds. The summed E-state index contributed by atoms with van der Waals surface area (Å²) in [5.74, 6) is 1.54. The molecule has 0 spiro atoms. The number of methoxy groups -OCH3 is 1. The van der Waals surface area contributed by atoms with Crippen molar-refractivity contribution >= 4 is 35.4 Å². The second-order valence-electron chi connectivity index (χ2n) is 10.1. The Morgan fingerprint density at radius 3 is 2.37 bits per heavy atom. The number of thioether (sulfide) groups is 1. The molecule has 8 nitrogen and oxygen atoms in total. The molecule has 1 aliphatic rings. The van der Waals surface area contributed by atoms with Gasteiger partial charge in [0.25, 0.3) is 5.89 Å². The van der Waals surface area contributed by atoms with E-state index >= 15 is 0 Å². The molecule has 1 aromatic heterocycles. The van der Waals surface area contributed by atoms with Crippen LogP contribution >= 0.6 is 29.5 Å². The average molecular weight is 620 g/mol. The molecule has 4 rings (SSSR count). The third-order valence-corrected chi connectivity index (χ3v) is 13.7. The lowest BCUT2D eigenvalue weighted by Gasteiger charge is -2.38. The van der Waals surface area contributed by atoms with E-state index < -0.39 is 17.4 Å². The van der Waals surface area contributed by atoms with Gasteiger partial charge in [-0.2, -0.15) is 0 Å². The van der Waals surface area contributed by atoms with Crippen LogP contribution in [0.15, 0.2) is 56.7 Å². The quantitative estimate of drug-likeness (QED) is 0.124. The zero-order valence-electron chi connectivity index (χ0n) is 24.7. The number of carbonyl (C=O) groups excluding carboxylic acids is 1. The van der Waals surface area contributed by atoms with E-state index in [-0.39, 0.29) is 0 Å². The van der Waals surface area contributed by atoms with Crippen LogP contribution in [0.3, 0.4) is 0 Å². The third-order valence-electron chi connectivity index (χ3n) is 7.21. The Bertz CT molecular complexity index is 1310. The number of carbonyl (C=O) groups is 1. The molecule has 2 N–H and O–H groups in total. The van der Waals surface area contributed by atoms with Gasteiger partial charge in [0.05, 0.1) is 12.7 Å². The molecule has 0 aliphatic carbocycles. The Kier molecular flexibility index (Phi) is 12.8. The van der Waals surface area contributed by atoms with Crippen LogP contribution in [0.4, 0.5) is 0 Å². The summed E-state index contributed by atoms with van der Waals surface area (Å²) in [6.07, 6.45) is 5.72. The van der Waals surface area contributed by atoms with E-state index in [0.29, 0.717) is 37.8 Å². The molecule has 224 valence electrons. The lowest BCUT2D eigenvalue weighted by atomic mass is 9.98. The summed E-state index contributed by atoms with van der Waals surface area (Å²) in [7, 11) is 1.66. The molecular weight excluding hydrogens is 577 g/mol. The molecular formula is C30H42N3O5PS2. The van der Waals surface area contributed by atoms with E-state index in [1.807, 2.05) is 55.6 Å². The normalized spacial score (nSPS) is 15.8. The average Bonchev–Trinajstić information content (AvgIpc) is 3.45. The SMILES string of the molecule is CCCCCCc1nnc(-c2ccc(SC)cc2OC)o1.Cc1ccc(SP(C)(=O)C2(C(N)=O)CCOCC2)cc1. The van der Waals surface area contributed by atoms with Crippen LogP contribution in [-0.2, 0) is 20.5 Å². The van der Waals surface area contributed by atoms with Crippen molar-refractivity contribution in [2.45, 2.75) is 73.7 Å². The Balaban J connectivity index is 0.000000226. The van der Waals surface area contributed by atoms with Crippen molar-refractivity contribution in [3.63, 3.8) is 0 Å². The van der Waals surface area contributed by atoms with E-state index in [4.69, 9.17) is 19.6 Å². The number of nitrogens with two attached hydrogens (primary N) is 1. The molecule has 1 aliphatic heterocycles. The van der Waals surface area contributed by atoms with Crippen LogP contribution < -0.4 is 10.5 Å². The van der Waals surface area contributed by atoms with Gasteiger partial charge in [0.2, 0.25) is 11.8 Å². The van der Waals surface area contributed by atoms with Crippen molar-refractivity contribution in [2.75, 3.05) is 33.2 Å². The van der Waals surface area contributed by atoms with Crippen molar-refractivity contribution in [1.82, 2.24) is 10.2 Å². The zero-order valence-corrected chi connectivity index (χ0v) is 27.2. The summed E-state index contributed by atoms with van der Waals surface area (Å²) in [5.41, 5.74) is 7.58. The van der Waals surface area contributed by atoms with Crippen LogP contribution in [0, 0.1) is 6.92 Å². The number of hydrogen-bond donors (Lipinski definition) is 1. The van der Waals surface area contributed by atoms with Gasteiger partial charge in [-0.05, 0) is 69.4 Å². The summed E-state index contributed by atoms with van der Waals surface area (Å²) < 4.78 is 29.7. The van der Waals surface area contributed by atoms with Gasteiger partial charge in [-0.25, -0.2) is 0 Å². The fourth-order valence-electron chi connectivity index (χ4n) is 4.59. The number of benzene rings is 2.